The normalized spacial score (nSPS) is 13.5. The van der Waals surface area contributed by atoms with E-state index in [2.05, 4.69) is 92.5 Å². The van der Waals surface area contributed by atoms with Gasteiger partial charge in [0.15, 0.2) is 0 Å². The molecule has 0 radical (unpaired) electrons. The maximum atomic E-state index is 6.62. The van der Waals surface area contributed by atoms with E-state index in [0.717, 1.165) is 29.2 Å². The van der Waals surface area contributed by atoms with Crippen molar-refractivity contribution < 1.29 is 8.85 Å². The van der Waals surface area contributed by atoms with Crippen LogP contribution in [-0.2, 0) is 0 Å². The predicted molar refractivity (Wildman–Crippen MR) is 121 cm³/mol. The van der Waals surface area contributed by atoms with Crippen molar-refractivity contribution in [2.45, 2.75) is 79.8 Å². The van der Waals surface area contributed by atoms with Gasteiger partial charge in [-0.2, -0.15) is 0 Å². The Morgan fingerprint density at radius 1 is 0.808 bits per heavy atom. The molecule has 0 heterocycles. The Bertz CT molecular complexity index is 620. The van der Waals surface area contributed by atoms with Crippen LogP contribution in [0.15, 0.2) is 24.8 Å². The predicted octanol–water partition coefficient (Wildman–Crippen LogP) is 7.59. The summed E-state index contributed by atoms with van der Waals surface area (Å²) in [6.45, 7) is 26.8. The molecule has 0 fully saturated rings. The van der Waals surface area contributed by atoms with Gasteiger partial charge in [-0.05, 0) is 66.8 Å². The van der Waals surface area contributed by atoms with E-state index < -0.39 is 16.6 Å². The van der Waals surface area contributed by atoms with E-state index in [4.69, 9.17) is 8.85 Å². The van der Waals surface area contributed by atoms with Gasteiger partial charge in [-0.15, -0.1) is 0 Å². The lowest BCUT2D eigenvalue weighted by Crippen LogP contribution is -2.40. The Balaban J connectivity index is 3.16. The molecular weight excluding hydrogens is 352 g/mol. The third-order valence-corrected chi connectivity index (χ3v) is 9.26. The van der Waals surface area contributed by atoms with Gasteiger partial charge in [0.1, 0.15) is 11.5 Å². The Labute approximate surface area is 164 Å². The van der Waals surface area contributed by atoms with E-state index in [1.807, 2.05) is 6.08 Å². The first-order chi connectivity index (χ1) is 11.5. The van der Waals surface area contributed by atoms with E-state index in [9.17, 15) is 0 Å². The van der Waals surface area contributed by atoms with Gasteiger partial charge in [-0.1, -0.05) is 60.3 Å². The molecule has 0 saturated carbocycles. The van der Waals surface area contributed by atoms with Crippen molar-refractivity contribution >= 4 is 22.7 Å². The van der Waals surface area contributed by atoms with Crippen molar-refractivity contribution in [3.05, 3.63) is 30.3 Å². The lowest BCUT2D eigenvalue weighted by Gasteiger charge is -2.34. The summed E-state index contributed by atoms with van der Waals surface area (Å²) in [5.74, 6) is 1.78. The Kier molecular flexibility index (Phi) is 7.03. The highest BCUT2D eigenvalue weighted by Gasteiger charge is 2.34. The lowest BCUT2D eigenvalue weighted by atomic mass is 10.0. The highest BCUT2D eigenvalue weighted by molar-refractivity contribution is 6.72. The molecule has 0 aromatic heterocycles. The Hall–Kier alpha value is -1.01. The molecule has 0 aliphatic rings. The zero-order valence-corrected chi connectivity index (χ0v) is 20.7. The zero-order chi connectivity index (χ0) is 20.4. The molecule has 0 bridgehead atoms. The SMILES string of the molecule is C=Cc1ccc(O[Si](C)(C)CC(C)(C)C)c(O[Si](C)(C)CC(C)(C)C)c1. The molecule has 26 heavy (non-hydrogen) atoms. The first-order valence-electron chi connectivity index (χ1n) is 9.67. The molecule has 0 atom stereocenters. The second-order valence-electron chi connectivity index (χ2n) is 11.1. The molecule has 0 spiro atoms. The standard InChI is InChI=1S/C22H40O2Si2/c1-12-18-13-14-19(23-25(8,9)16-21(2,3)4)20(15-18)24-26(10,11)17-22(5,6)7/h12-15H,1,16-17H2,2-11H3. The third-order valence-electron chi connectivity index (χ3n) is 3.89. The van der Waals surface area contributed by atoms with Gasteiger partial charge in [0, 0.05) is 0 Å². The second-order valence-corrected chi connectivity index (χ2v) is 19.3. The maximum absolute atomic E-state index is 6.62. The Morgan fingerprint density at radius 2 is 1.23 bits per heavy atom. The summed E-state index contributed by atoms with van der Waals surface area (Å²) >= 11 is 0. The number of hydrogen-bond donors (Lipinski definition) is 0. The molecule has 4 heteroatoms. The van der Waals surface area contributed by atoms with Crippen LogP contribution in [0.3, 0.4) is 0 Å². The van der Waals surface area contributed by atoms with Crippen LogP contribution in [0.1, 0.15) is 47.1 Å². The van der Waals surface area contributed by atoms with Gasteiger partial charge in [-0.25, -0.2) is 0 Å². The molecule has 0 N–H and O–H groups in total. The van der Waals surface area contributed by atoms with Crippen LogP contribution < -0.4 is 8.85 Å². The first kappa shape index (κ1) is 23.0. The third kappa shape index (κ3) is 8.59. The van der Waals surface area contributed by atoms with Gasteiger partial charge in [-0.3, -0.25) is 0 Å². The molecule has 2 nitrogen and oxygen atoms in total. The van der Waals surface area contributed by atoms with Gasteiger partial charge in [0.05, 0.1) is 0 Å². The zero-order valence-electron chi connectivity index (χ0n) is 18.7. The second kappa shape index (κ2) is 7.93. The van der Waals surface area contributed by atoms with Gasteiger partial charge in [0.2, 0.25) is 16.6 Å². The van der Waals surface area contributed by atoms with Crippen molar-refractivity contribution in [1.82, 2.24) is 0 Å². The molecule has 0 saturated heterocycles. The number of rotatable bonds is 7. The quantitative estimate of drug-likeness (QED) is 0.445. The van der Waals surface area contributed by atoms with E-state index in [-0.39, 0.29) is 10.8 Å². The molecule has 1 rings (SSSR count). The number of benzene rings is 1. The van der Waals surface area contributed by atoms with Crippen LogP contribution in [0, 0.1) is 10.8 Å². The summed E-state index contributed by atoms with van der Waals surface area (Å²) in [7, 11) is -3.72. The van der Waals surface area contributed by atoms with E-state index in [0.29, 0.717) is 0 Å². The summed E-state index contributed by atoms with van der Waals surface area (Å²) in [5.41, 5.74) is 1.59. The van der Waals surface area contributed by atoms with Crippen LogP contribution in [0.4, 0.5) is 0 Å². The summed E-state index contributed by atoms with van der Waals surface area (Å²) in [4.78, 5) is 0. The van der Waals surface area contributed by atoms with Crippen LogP contribution in [-0.4, -0.2) is 16.6 Å². The minimum absolute atomic E-state index is 0.257. The fraction of sp³-hybridized carbons (Fsp3) is 0.636. The summed E-state index contributed by atoms with van der Waals surface area (Å²) in [6.07, 6.45) is 1.87. The highest BCUT2D eigenvalue weighted by atomic mass is 28.4. The maximum Gasteiger partial charge on any atom is 0.245 e. The van der Waals surface area contributed by atoms with Gasteiger partial charge < -0.3 is 8.85 Å². The fourth-order valence-corrected chi connectivity index (χ4v) is 10.8. The molecule has 0 unspecified atom stereocenters. The largest absolute Gasteiger partial charge is 0.542 e. The summed E-state index contributed by atoms with van der Waals surface area (Å²) < 4.78 is 13.2. The number of hydrogen-bond acceptors (Lipinski definition) is 2. The van der Waals surface area contributed by atoms with E-state index >= 15 is 0 Å². The molecule has 1 aromatic rings. The summed E-state index contributed by atoms with van der Waals surface area (Å²) in [6, 6.07) is 8.41. The van der Waals surface area contributed by atoms with Crippen LogP contribution >= 0.6 is 0 Å². The lowest BCUT2D eigenvalue weighted by molar-refractivity contribution is 0.408. The van der Waals surface area contributed by atoms with Crippen molar-refractivity contribution in [2.75, 3.05) is 0 Å². The molecule has 0 aliphatic heterocycles. The average Bonchev–Trinajstić information content (AvgIpc) is 2.34. The topological polar surface area (TPSA) is 18.5 Å². The van der Waals surface area contributed by atoms with E-state index in [1.54, 1.807) is 0 Å². The van der Waals surface area contributed by atoms with Crippen molar-refractivity contribution in [2.24, 2.45) is 10.8 Å². The van der Waals surface area contributed by atoms with Crippen molar-refractivity contribution in [3.63, 3.8) is 0 Å². The van der Waals surface area contributed by atoms with Crippen LogP contribution in [0.25, 0.3) is 6.08 Å². The smallest absolute Gasteiger partial charge is 0.245 e. The molecule has 0 aliphatic carbocycles. The van der Waals surface area contributed by atoms with Gasteiger partial charge >= 0.3 is 0 Å². The minimum atomic E-state index is -1.87. The van der Waals surface area contributed by atoms with Crippen molar-refractivity contribution in [1.29, 1.82) is 0 Å². The van der Waals surface area contributed by atoms with Crippen LogP contribution in [0.5, 0.6) is 11.5 Å². The monoisotopic (exact) mass is 392 g/mol. The highest BCUT2D eigenvalue weighted by Crippen LogP contribution is 2.38. The van der Waals surface area contributed by atoms with Gasteiger partial charge in [0.25, 0.3) is 0 Å². The van der Waals surface area contributed by atoms with Crippen molar-refractivity contribution in [3.8, 4) is 11.5 Å². The molecule has 148 valence electrons. The minimum Gasteiger partial charge on any atom is -0.542 e. The fourth-order valence-electron chi connectivity index (χ4n) is 4.04. The van der Waals surface area contributed by atoms with Crippen LogP contribution in [0.2, 0.25) is 38.3 Å². The van der Waals surface area contributed by atoms with E-state index in [1.165, 1.54) is 0 Å². The Morgan fingerprint density at radius 3 is 1.62 bits per heavy atom. The molecular formula is C22H40O2Si2. The summed E-state index contributed by atoms with van der Waals surface area (Å²) in [5, 5.41) is 0. The molecule has 1 aromatic carbocycles. The first-order valence-corrected chi connectivity index (χ1v) is 15.9. The molecule has 0 amide bonds. The average molecular weight is 393 g/mol.